The van der Waals surface area contributed by atoms with Gasteiger partial charge in [0.05, 0.1) is 13.2 Å². The fourth-order valence-corrected chi connectivity index (χ4v) is 4.37. The standard InChI is InChI=1S/C16H26N2O6Si/c1-15(2,3)25(4,5)24-12-11-13(23-16(12,8-19)9-22-11)18-7-6-10(20)17-14(18)21/h6-7,11-13,19H,8-9H2,1-5H3,(H,17,20,21)/t11?,12?,13-,16+/m1/s1. The smallest absolute Gasteiger partial charge is 0.330 e. The van der Waals surface area contributed by atoms with Crippen LogP contribution in [-0.2, 0) is 13.9 Å². The molecule has 3 heterocycles. The van der Waals surface area contributed by atoms with Gasteiger partial charge in [0.25, 0.3) is 5.56 Å². The highest BCUT2D eigenvalue weighted by atomic mass is 28.4. The minimum Gasteiger partial charge on any atom is -0.408 e. The van der Waals surface area contributed by atoms with Gasteiger partial charge in [0.1, 0.15) is 17.8 Å². The van der Waals surface area contributed by atoms with E-state index in [4.69, 9.17) is 13.9 Å². The molecule has 0 saturated carbocycles. The van der Waals surface area contributed by atoms with E-state index in [0.717, 1.165) is 0 Å². The van der Waals surface area contributed by atoms with Gasteiger partial charge in [-0.3, -0.25) is 14.3 Å². The Morgan fingerprint density at radius 2 is 2.12 bits per heavy atom. The van der Waals surface area contributed by atoms with E-state index in [1.807, 2.05) is 0 Å². The highest BCUT2D eigenvalue weighted by molar-refractivity contribution is 6.74. The van der Waals surface area contributed by atoms with Crippen molar-refractivity contribution in [3.05, 3.63) is 33.1 Å². The lowest BCUT2D eigenvalue weighted by atomic mass is 10.0. The van der Waals surface area contributed by atoms with E-state index in [0.29, 0.717) is 0 Å². The van der Waals surface area contributed by atoms with Gasteiger partial charge in [-0.05, 0) is 18.1 Å². The maximum atomic E-state index is 12.1. The topological polar surface area (TPSA) is 103 Å². The number of ether oxygens (including phenoxy) is 2. The largest absolute Gasteiger partial charge is 0.408 e. The Morgan fingerprint density at radius 3 is 2.68 bits per heavy atom. The third-order valence-electron chi connectivity index (χ3n) is 5.59. The molecule has 2 unspecified atom stereocenters. The Kier molecular flexibility index (Phi) is 4.36. The lowest BCUT2D eigenvalue weighted by Crippen LogP contribution is -2.52. The van der Waals surface area contributed by atoms with Crippen LogP contribution in [0.4, 0.5) is 0 Å². The van der Waals surface area contributed by atoms with E-state index < -0.39 is 43.6 Å². The summed E-state index contributed by atoms with van der Waals surface area (Å²) in [6.07, 6.45) is -0.364. The number of aromatic amines is 1. The van der Waals surface area contributed by atoms with Crippen LogP contribution in [0.5, 0.6) is 0 Å². The van der Waals surface area contributed by atoms with Crippen molar-refractivity contribution in [2.75, 3.05) is 13.2 Å². The number of nitrogens with zero attached hydrogens (tertiary/aromatic N) is 1. The molecule has 1 aromatic rings. The predicted molar refractivity (Wildman–Crippen MR) is 93.1 cm³/mol. The van der Waals surface area contributed by atoms with Gasteiger partial charge in [-0.15, -0.1) is 0 Å². The minimum absolute atomic E-state index is 0.0179. The minimum atomic E-state index is -2.15. The van der Waals surface area contributed by atoms with Crippen molar-refractivity contribution in [2.24, 2.45) is 0 Å². The molecule has 0 aliphatic carbocycles. The number of aliphatic hydroxyl groups excluding tert-OH is 1. The quantitative estimate of drug-likeness (QED) is 0.752. The van der Waals surface area contributed by atoms with Gasteiger partial charge in [-0.2, -0.15) is 0 Å². The molecule has 4 atom stereocenters. The first kappa shape index (κ1) is 18.5. The molecule has 2 bridgehead atoms. The molecule has 2 fully saturated rings. The lowest BCUT2D eigenvalue weighted by molar-refractivity contribution is -0.187. The molecule has 140 valence electrons. The zero-order valence-electron chi connectivity index (χ0n) is 15.2. The van der Waals surface area contributed by atoms with Crippen molar-refractivity contribution >= 4 is 8.32 Å². The van der Waals surface area contributed by atoms with E-state index in [1.165, 1.54) is 16.8 Å². The van der Waals surface area contributed by atoms with E-state index in [1.54, 1.807) is 0 Å². The second-order valence-corrected chi connectivity index (χ2v) is 13.1. The van der Waals surface area contributed by atoms with Crippen LogP contribution < -0.4 is 11.2 Å². The van der Waals surface area contributed by atoms with Crippen molar-refractivity contribution in [1.82, 2.24) is 9.55 Å². The number of aromatic nitrogens is 2. The monoisotopic (exact) mass is 370 g/mol. The molecule has 2 N–H and O–H groups in total. The van der Waals surface area contributed by atoms with Crippen molar-refractivity contribution in [1.29, 1.82) is 0 Å². The molecular formula is C16H26N2O6Si. The molecule has 2 saturated heterocycles. The zero-order valence-corrected chi connectivity index (χ0v) is 16.2. The molecule has 3 rings (SSSR count). The summed E-state index contributed by atoms with van der Waals surface area (Å²) in [4.78, 5) is 25.6. The SMILES string of the molecule is CC(C)(C)[Si](C)(C)OC1C2OC[C@]1(CO)O[C@H]2n1ccc(=O)[nH]c1=O. The Balaban J connectivity index is 1.95. The third kappa shape index (κ3) is 2.93. The van der Waals surface area contributed by atoms with Gasteiger partial charge < -0.3 is 19.0 Å². The molecule has 0 spiro atoms. The van der Waals surface area contributed by atoms with Crippen LogP contribution in [0.1, 0.15) is 27.0 Å². The van der Waals surface area contributed by atoms with Gasteiger partial charge >= 0.3 is 5.69 Å². The van der Waals surface area contributed by atoms with Crippen LogP contribution in [0, 0.1) is 0 Å². The van der Waals surface area contributed by atoms with Crippen LogP contribution in [-0.4, -0.2) is 54.0 Å². The summed E-state index contributed by atoms with van der Waals surface area (Å²) in [5, 5.41) is 9.96. The lowest BCUT2D eigenvalue weighted by Gasteiger charge is -2.40. The maximum absolute atomic E-state index is 12.1. The number of nitrogens with one attached hydrogen (secondary N) is 1. The van der Waals surface area contributed by atoms with Gasteiger partial charge in [-0.25, -0.2) is 4.79 Å². The van der Waals surface area contributed by atoms with Crippen molar-refractivity contribution in [3.8, 4) is 0 Å². The molecule has 0 radical (unpaired) electrons. The summed E-state index contributed by atoms with van der Waals surface area (Å²) in [6.45, 7) is 10.6. The first-order chi connectivity index (χ1) is 11.5. The number of fused-ring (bicyclic) bond motifs is 2. The van der Waals surface area contributed by atoms with Gasteiger partial charge in [0.15, 0.2) is 14.5 Å². The first-order valence-corrected chi connectivity index (χ1v) is 11.3. The van der Waals surface area contributed by atoms with Crippen molar-refractivity contribution in [2.45, 2.75) is 62.9 Å². The van der Waals surface area contributed by atoms with Gasteiger partial charge in [-0.1, -0.05) is 20.8 Å². The van der Waals surface area contributed by atoms with E-state index in [2.05, 4.69) is 38.8 Å². The Bertz CT molecular complexity index is 767. The van der Waals surface area contributed by atoms with E-state index in [-0.39, 0.29) is 18.3 Å². The molecule has 25 heavy (non-hydrogen) atoms. The number of hydrogen-bond donors (Lipinski definition) is 2. The van der Waals surface area contributed by atoms with E-state index >= 15 is 0 Å². The molecule has 2 aliphatic heterocycles. The molecule has 0 amide bonds. The van der Waals surface area contributed by atoms with E-state index in [9.17, 15) is 14.7 Å². The number of aliphatic hydroxyl groups is 1. The fraction of sp³-hybridized carbons (Fsp3) is 0.750. The second kappa shape index (κ2) is 5.88. The van der Waals surface area contributed by atoms with Gasteiger partial charge in [0.2, 0.25) is 0 Å². The Hall–Kier alpha value is -1.26. The molecule has 8 nitrogen and oxygen atoms in total. The maximum Gasteiger partial charge on any atom is 0.330 e. The summed E-state index contributed by atoms with van der Waals surface area (Å²) in [5.74, 6) is 0. The van der Waals surface area contributed by atoms with Crippen LogP contribution in [0.25, 0.3) is 0 Å². The summed E-state index contributed by atoms with van der Waals surface area (Å²) in [5.41, 5.74) is -2.05. The van der Waals surface area contributed by atoms with Crippen molar-refractivity contribution < 1.29 is 19.0 Å². The number of hydrogen-bond acceptors (Lipinski definition) is 6. The highest BCUT2D eigenvalue weighted by Crippen LogP contribution is 2.49. The molecule has 2 aliphatic rings. The number of H-pyrrole nitrogens is 1. The average Bonchev–Trinajstić information content (AvgIpc) is 2.98. The van der Waals surface area contributed by atoms with Crippen molar-refractivity contribution in [3.63, 3.8) is 0 Å². The predicted octanol–water partition coefficient (Wildman–Crippen LogP) is 0.586. The molecular weight excluding hydrogens is 344 g/mol. The normalized spacial score (nSPS) is 32.3. The van der Waals surface area contributed by atoms with Crippen LogP contribution in [0.3, 0.4) is 0 Å². The molecule has 0 aromatic carbocycles. The number of rotatable bonds is 4. The van der Waals surface area contributed by atoms with Gasteiger partial charge in [0, 0.05) is 12.3 Å². The van der Waals surface area contributed by atoms with Crippen LogP contribution in [0.15, 0.2) is 21.9 Å². The van der Waals surface area contributed by atoms with Crippen LogP contribution >= 0.6 is 0 Å². The van der Waals surface area contributed by atoms with Crippen LogP contribution in [0.2, 0.25) is 18.1 Å². The highest BCUT2D eigenvalue weighted by Gasteiger charge is 2.64. The Labute approximate surface area is 146 Å². The molecule has 9 heteroatoms. The average molecular weight is 370 g/mol. The summed E-state index contributed by atoms with van der Waals surface area (Å²) in [7, 11) is -2.15. The summed E-state index contributed by atoms with van der Waals surface area (Å²) < 4.78 is 19.7. The Morgan fingerprint density at radius 1 is 1.44 bits per heavy atom. The first-order valence-electron chi connectivity index (χ1n) is 8.40. The molecule has 1 aromatic heterocycles. The second-order valence-electron chi connectivity index (χ2n) is 8.32. The summed E-state index contributed by atoms with van der Waals surface area (Å²) >= 11 is 0. The zero-order chi connectivity index (χ0) is 18.6. The fourth-order valence-electron chi connectivity index (χ4n) is 3.03. The summed E-state index contributed by atoms with van der Waals surface area (Å²) in [6, 6.07) is 1.26. The third-order valence-corrected chi connectivity index (χ3v) is 10.0.